The topological polar surface area (TPSA) is 73.3 Å². The molecule has 1 N–H and O–H groups in total. The third-order valence-electron chi connectivity index (χ3n) is 5.92. The molecule has 0 aromatic heterocycles. The minimum atomic E-state index is -0.579. The highest BCUT2D eigenvalue weighted by atomic mass is 35.5. The molecule has 1 aliphatic heterocycles. The largest absolute Gasteiger partial charge is 0.387 e. The highest BCUT2D eigenvalue weighted by Gasteiger charge is 2.22. The number of ether oxygens (including phenoxy) is 1. The van der Waals surface area contributed by atoms with Gasteiger partial charge in [0, 0.05) is 55.5 Å². The predicted octanol–water partition coefficient (Wildman–Crippen LogP) is 3.51. The fraction of sp³-hybridized carbons (Fsp3) is 0.462. The van der Waals surface area contributed by atoms with E-state index >= 15 is 0 Å². The zero-order valence-electron chi connectivity index (χ0n) is 20.4. The van der Waals surface area contributed by atoms with E-state index < -0.39 is 12.5 Å². The number of aliphatic hydroxyl groups excluding tert-OH is 1. The Labute approximate surface area is 219 Å². The second-order valence-corrected chi connectivity index (χ2v) is 9.12. The lowest BCUT2D eigenvalue weighted by Crippen LogP contribution is -2.49. The van der Waals surface area contributed by atoms with Gasteiger partial charge in [0.1, 0.15) is 6.61 Å². The van der Waals surface area contributed by atoms with Crippen LogP contribution in [0.15, 0.2) is 48.5 Å². The number of benzene rings is 2. The molecular formula is C26H35Cl2N3O4. The zero-order valence-corrected chi connectivity index (χ0v) is 21.9. The molecule has 0 atom stereocenters. The van der Waals surface area contributed by atoms with Gasteiger partial charge in [-0.2, -0.15) is 0 Å². The predicted molar refractivity (Wildman–Crippen MR) is 142 cm³/mol. The van der Waals surface area contributed by atoms with E-state index in [4.69, 9.17) is 16.3 Å². The van der Waals surface area contributed by atoms with E-state index in [0.717, 1.165) is 31.1 Å². The van der Waals surface area contributed by atoms with Crippen molar-refractivity contribution >= 4 is 41.5 Å². The van der Waals surface area contributed by atoms with Gasteiger partial charge in [-0.15, -0.1) is 12.4 Å². The third kappa shape index (κ3) is 8.78. The van der Waals surface area contributed by atoms with E-state index in [1.165, 1.54) is 10.5 Å². The van der Waals surface area contributed by atoms with E-state index in [1.54, 1.807) is 24.3 Å². The zero-order chi connectivity index (χ0) is 24.5. The van der Waals surface area contributed by atoms with Crippen LogP contribution in [0.2, 0.25) is 5.02 Å². The molecule has 2 aromatic rings. The molecule has 0 spiro atoms. The molecule has 2 aromatic carbocycles. The van der Waals surface area contributed by atoms with E-state index in [1.807, 2.05) is 30.9 Å². The Bertz CT molecular complexity index is 931. The number of rotatable bonds is 10. The van der Waals surface area contributed by atoms with Crippen LogP contribution in [0.5, 0.6) is 0 Å². The molecule has 192 valence electrons. The maximum atomic E-state index is 13.0. The number of aliphatic hydroxyl groups is 1. The molecule has 1 saturated heterocycles. The fourth-order valence-corrected chi connectivity index (χ4v) is 4.07. The molecule has 1 aliphatic rings. The van der Waals surface area contributed by atoms with Crippen molar-refractivity contribution in [3.63, 3.8) is 0 Å². The average Bonchev–Trinajstić information content (AvgIpc) is 2.86. The smallest absolute Gasteiger partial charge is 0.253 e. The number of carbonyl (C=O) groups is 2. The minimum Gasteiger partial charge on any atom is -0.387 e. The number of amides is 2. The van der Waals surface area contributed by atoms with Crippen LogP contribution in [0.1, 0.15) is 29.8 Å². The van der Waals surface area contributed by atoms with Crippen LogP contribution < -0.4 is 4.90 Å². The number of anilines is 1. The number of piperazine rings is 1. The summed E-state index contributed by atoms with van der Waals surface area (Å²) in [6.45, 7) is 7.98. The first-order valence-corrected chi connectivity index (χ1v) is 12.1. The quantitative estimate of drug-likeness (QED) is 0.515. The van der Waals surface area contributed by atoms with Gasteiger partial charge in [-0.1, -0.05) is 23.7 Å². The second kappa shape index (κ2) is 14.4. The van der Waals surface area contributed by atoms with Gasteiger partial charge < -0.3 is 19.6 Å². The van der Waals surface area contributed by atoms with Gasteiger partial charge in [0.05, 0.1) is 12.7 Å². The highest BCUT2D eigenvalue weighted by Crippen LogP contribution is 2.18. The van der Waals surface area contributed by atoms with Gasteiger partial charge in [-0.25, -0.2) is 0 Å². The summed E-state index contributed by atoms with van der Waals surface area (Å²) in [5.74, 6) is -0.409. The Balaban J connectivity index is 0.00000432. The Morgan fingerprint density at radius 1 is 1.03 bits per heavy atom. The maximum absolute atomic E-state index is 13.0. The highest BCUT2D eigenvalue weighted by molar-refractivity contribution is 6.30. The van der Waals surface area contributed by atoms with Crippen LogP contribution in [0.3, 0.4) is 0 Å². The molecule has 2 amide bonds. The SMILES string of the molecule is CC(C)OCCN(C(=O)CO)c1ccc(C(=O)N2CCN(CCc3ccc(Cl)cc3)CC2)cc1.Cl. The van der Waals surface area contributed by atoms with Crippen molar-refractivity contribution in [1.29, 1.82) is 0 Å². The maximum Gasteiger partial charge on any atom is 0.253 e. The van der Waals surface area contributed by atoms with Crippen LogP contribution in [-0.2, 0) is 16.0 Å². The summed E-state index contributed by atoms with van der Waals surface area (Å²) in [6.07, 6.45) is 1.02. The van der Waals surface area contributed by atoms with Crippen LogP contribution in [0, 0.1) is 0 Å². The van der Waals surface area contributed by atoms with Gasteiger partial charge in [-0.05, 0) is 62.2 Å². The molecular weight excluding hydrogens is 489 g/mol. The minimum absolute atomic E-state index is 0. The molecule has 35 heavy (non-hydrogen) atoms. The van der Waals surface area contributed by atoms with Gasteiger partial charge in [0.25, 0.3) is 11.8 Å². The molecule has 0 aliphatic carbocycles. The van der Waals surface area contributed by atoms with E-state index in [0.29, 0.717) is 37.5 Å². The van der Waals surface area contributed by atoms with E-state index in [2.05, 4.69) is 17.0 Å². The van der Waals surface area contributed by atoms with Gasteiger partial charge >= 0.3 is 0 Å². The number of nitrogens with zero attached hydrogens (tertiary/aromatic N) is 3. The van der Waals surface area contributed by atoms with Crippen molar-refractivity contribution < 1.29 is 19.4 Å². The number of halogens is 2. The molecule has 0 saturated carbocycles. The van der Waals surface area contributed by atoms with Crippen molar-refractivity contribution in [3.05, 3.63) is 64.7 Å². The fourth-order valence-electron chi connectivity index (χ4n) is 3.94. The van der Waals surface area contributed by atoms with Gasteiger partial charge in [-0.3, -0.25) is 14.5 Å². The lowest BCUT2D eigenvalue weighted by Gasteiger charge is -2.35. The number of carbonyl (C=O) groups excluding carboxylic acids is 2. The van der Waals surface area contributed by atoms with Crippen molar-refractivity contribution in [1.82, 2.24) is 9.80 Å². The second-order valence-electron chi connectivity index (χ2n) is 8.68. The van der Waals surface area contributed by atoms with Gasteiger partial charge in [0.2, 0.25) is 0 Å². The first kappa shape index (κ1) is 29.1. The van der Waals surface area contributed by atoms with Crippen LogP contribution >= 0.6 is 24.0 Å². The first-order valence-electron chi connectivity index (χ1n) is 11.8. The summed E-state index contributed by atoms with van der Waals surface area (Å²) < 4.78 is 5.54. The van der Waals surface area contributed by atoms with Crippen molar-refractivity contribution in [2.75, 3.05) is 57.4 Å². The van der Waals surface area contributed by atoms with Crippen molar-refractivity contribution in [2.45, 2.75) is 26.4 Å². The molecule has 7 nitrogen and oxygen atoms in total. The molecule has 1 fully saturated rings. The average molecular weight is 524 g/mol. The first-order chi connectivity index (χ1) is 16.4. The summed E-state index contributed by atoms with van der Waals surface area (Å²) in [7, 11) is 0. The molecule has 1 heterocycles. The van der Waals surface area contributed by atoms with Crippen molar-refractivity contribution in [3.8, 4) is 0 Å². The Kier molecular flexibility index (Phi) is 12.0. The monoisotopic (exact) mass is 523 g/mol. The molecule has 0 unspecified atom stereocenters. The standard InChI is InChI=1S/C26H34ClN3O4.ClH/c1-20(2)34-18-17-30(25(32)19-31)24-9-5-22(6-10-24)26(33)29-15-13-28(14-16-29)12-11-21-3-7-23(27)8-4-21;/h3-10,20,31H,11-19H2,1-2H3;1H. The molecule has 3 rings (SSSR count). The normalized spacial score (nSPS) is 14.0. The summed E-state index contributed by atoms with van der Waals surface area (Å²) in [5, 5.41) is 10.1. The van der Waals surface area contributed by atoms with Crippen LogP contribution in [-0.4, -0.2) is 85.3 Å². The lowest BCUT2D eigenvalue weighted by atomic mass is 10.1. The summed E-state index contributed by atoms with van der Waals surface area (Å²) in [4.78, 5) is 30.9. The Morgan fingerprint density at radius 3 is 2.23 bits per heavy atom. The van der Waals surface area contributed by atoms with Gasteiger partial charge in [0.15, 0.2) is 0 Å². The molecule has 0 radical (unpaired) electrons. The lowest BCUT2D eigenvalue weighted by molar-refractivity contribution is -0.121. The Hall–Kier alpha value is -2.16. The van der Waals surface area contributed by atoms with E-state index in [9.17, 15) is 14.7 Å². The summed E-state index contributed by atoms with van der Waals surface area (Å²) >= 11 is 5.95. The summed E-state index contributed by atoms with van der Waals surface area (Å²) in [5.41, 5.74) is 2.48. The summed E-state index contributed by atoms with van der Waals surface area (Å²) in [6, 6.07) is 14.9. The van der Waals surface area contributed by atoms with Crippen LogP contribution in [0.4, 0.5) is 5.69 Å². The van der Waals surface area contributed by atoms with Crippen molar-refractivity contribution in [2.24, 2.45) is 0 Å². The number of hydrogen-bond donors (Lipinski definition) is 1. The molecule has 9 heteroatoms. The third-order valence-corrected chi connectivity index (χ3v) is 6.17. The van der Waals surface area contributed by atoms with E-state index in [-0.39, 0.29) is 24.4 Å². The molecule has 0 bridgehead atoms. The van der Waals surface area contributed by atoms with Crippen LogP contribution in [0.25, 0.3) is 0 Å². The number of hydrogen-bond acceptors (Lipinski definition) is 5. The Morgan fingerprint density at radius 2 is 1.66 bits per heavy atom.